The smallest absolute Gasteiger partial charge is 0.311 e. The maximum Gasteiger partial charge on any atom is 0.311 e. The minimum Gasteiger partial charge on any atom is -0.463 e. The van der Waals surface area contributed by atoms with Gasteiger partial charge in [-0.3, -0.25) is 14.4 Å². The zero-order valence-electron chi connectivity index (χ0n) is 17.4. The van der Waals surface area contributed by atoms with Gasteiger partial charge in [-0.25, -0.2) is 0 Å². The molecular formula is C20H33NO7. The van der Waals surface area contributed by atoms with E-state index in [0.717, 1.165) is 0 Å². The molecule has 0 aromatic rings. The molecule has 1 fully saturated rings. The number of hydrogen-bond acceptors (Lipinski definition) is 7. The van der Waals surface area contributed by atoms with Gasteiger partial charge in [0.2, 0.25) is 5.91 Å². The van der Waals surface area contributed by atoms with Crippen molar-refractivity contribution in [2.24, 2.45) is 17.8 Å². The van der Waals surface area contributed by atoms with E-state index in [2.05, 4.69) is 11.9 Å². The normalized spacial score (nSPS) is 28.1. The molecule has 0 aromatic heterocycles. The summed E-state index contributed by atoms with van der Waals surface area (Å²) in [4.78, 5) is 35.0. The molecule has 0 aromatic carbocycles. The number of amides is 1. The quantitative estimate of drug-likeness (QED) is 0.442. The molecule has 160 valence electrons. The number of esters is 2. The first kappa shape index (κ1) is 24.1. The molecule has 6 atom stereocenters. The first-order valence-corrected chi connectivity index (χ1v) is 9.68. The highest BCUT2D eigenvalue weighted by Crippen LogP contribution is 2.32. The Kier molecular flexibility index (Phi) is 10.2. The van der Waals surface area contributed by atoms with Gasteiger partial charge in [-0.15, -0.1) is 0 Å². The lowest BCUT2D eigenvalue weighted by Gasteiger charge is -2.44. The first-order chi connectivity index (χ1) is 13.2. The van der Waals surface area contributed by atoms with Crippen molar-refractivity contribution in [1.82, 2.24) is 5.32 Å². The van der Waals surface area contributed by atoms with E-state index in [1.165, 1.54) is 13.0 Å². The summed E-state index contributed by atoms with van der Waals surface area (Å²) in [5.41, 5.74) is 0. The minimum atomic E-state index is -0.767. The van der Waals surface area contributed by atoms with E-state index in [4.69, 9.17) is 18.9 Å². The second-order valence-electron chi connectivity index (χ2n) is 7.16. The van der Waals surface area contributed by atoms with Crippen molar-refractivity contribution in [1.29, 1.82) is 0 Å². The standard InChI is InChI=1S/C20H33NO7/c1-7-9-25-19(24)12(3)10-27-20-18(21-17(23)8-2)14(5)13(4)16(28-20)11-26-15(6)22/h7,12-14,16,18,20H,1,8-11H2,2-6H3,(H,21,23)/t12-,13-,14-,16?,18-,20?/m0/s1. The summed E-state index contributed by atoms with van der Waals surface area (Å²) in [7, 11) is 0. The van der Waals surface area contributed by atoms with Gasteiger partial charge >= 0.3 is 11.9 Å². The van der Waals surface area contributed by atoms with Crippen molar-refractivity contribution >= 4 is 17.8 Å². The number of rotatable bonds is 10. The summed E-state index contributed by atoms with van der Waals surface area (Å²) in [5.74, 6) is -1.37. The van der Waals surface area contributed by atoms with Crippen molar-refractivity contribution in [2.75, 3.05) is 19.8 Å². The van der Waals surface area contributed by atoms with Crippen molar-refractivity contribution in [3.63, 3.8) is 0 Å². The average molecular weight is 399 g/mol. The Morgan fingerprint density at radius 3 is 2.46 bits per heavy atom. The van der Waals surface area contributed by atoms with Gasteiger partial charge in [0.05, 0.1) is 24.7 Å². The molecule has 8 nitrogen and oxygen atoms in total. The summed E-state index contributed by atoms with van der Waals surface area (Å²) in [6.07, 6.45) is 0.693. The summed E-state index contributed by atoms with van der Waals surface area (Å²) >= 11 is 0. The third-order valence-electron chi connectivity index (χ3n) is 4.94. The summed E-state index contributed by atoms with van der Waals surface area (Å²) < 4.78 is 22.0. The lowest BCUT2D eigenvalue weighted by Crippen LogP contribution is -2.58. The molecule has 0 radical (unpaired) electrons. The van der Waals surface area contributed by atoms with E-state index in [9.17, 15) is 14.4 Å². The van der Waals surface area contributed by atoms with Crippen LogP contribution in [0, 0.1) is 17.8 Å². The van der Waals surface area contributed by atoms with Gasteiger partial charge in [-0.2, -0.15) is 0 Å². The van der Waals surface area contributed by atoms with Gasteiger partial charge in [0, 0.05) is 13.3 Å². The molecule has 1 N–H and O–H groups in total. The zero-order valence-corrected chi connectivity index (χ0v) is 17.4. The van der Waals surface area contributed by atoms with Gasteiger partial charge in [-0.1, -0.05) is 33.4 Å². The van der Waals surface area contributed by atoms with Crippen LogP contribution in [0.3, 0.4) is 0 Å². The van der Waals surface area contributed by atoms with Gasteiger partial charge in [0.1, 0.15) is 13.2 Å². The van der Waals surface area contributed by atoms with Crippen LogP contribution >= 0.6 is 0 Å². The third kappa shape index (κ3) is 7.24. The highest BCUT2D eigenvalue weighted by molar-refractivity contribution is 5.76. The number of carbonyl (C=O) groups excluding carboxylic acids is 3. The van der Waals surface area contributed by atoms with Crippen LogP contribution in [0.1, 0.15) is 41.0 Å². The fourth-order valence-corrected chi connectivity index (χ4v) is 2.91. The predicted molar refractivity (Wildman–Crippen MR) is 102 cm³/mol. The van der Waals surface area contributed by atoms with E-state index < -0.39 is 18.2 Å². The number of carbonyl (C=O) groups is 3. The molecule has 0 spiro atoms. The van der Waals surface area contributed by atoms with Crippen LogP contribution in [0.15, 0.2) is 12.7 Å². The Bertz CT molecular complexity index is 551. The van der Waals surface area contributed by atoms with Crippen molar-refractivity contribution in [3.05, 3.63) is 12.7 Å². The maximum atomic E-state index is 12.0. The van der Waals surface area contributed by atoms with E-state index >= 15 is 0 Å². The molecule has 28 heavy (non-hydrogen) atoms. The topological polar surface area (TPSA) is 100 Å². The highest BCUT2D eigenvalue weighted by Gasteiger charge is 2.43. The molecular weight excluding hydrogens is 366 g/mol. The van der Waals surface area contributed by atoms with E-state index in [0.29, 0.717) is 6.42 Å². The molecule has 1 amide bonds. The Morgan fingerprint density at radius 2 is 1.89 bits per heavy atom. The van der Waals surface area contributed by atoms with Crippen LogP contribution in [0.5, 0.6) is 0 Å². The molecule has 2 unspecified atom stereocenters. The van der Waals surface area contributed by atoms with Crippen LogP contribution in [0.4, 0.5) is 0 Å². The van der Waals surface area contributed by atoms with Crippen LogP contribution in [0.25, 0.3) is 0 Å². The molecule has 0 saturated carbocycles. The predicted octanol–water partition coefficient (Wildman–Crippen LogP) is 1.82. The van der Waals surface area contributed by atoms with Gasteiger partial charge < -0.3 is 24.3 Å². The average Bonchev–Trinajstić information content (AvgIpc) is 2.67. The molecule has 1 aliphatic heterocycles. The lowest BCUT2D eigenvalue weighted by atomic mass is 9.82. The molecule has 1 rings (SSSR count). The van der Waals surface area contributed by atoms with Crippen LogP contribution in [-0.4, -0.2) is 56.1 Å². The highest BCUT2D eigenvalue weighted by atomic mass is 16.7. The number of ether oxygens (including phenoxy) is 4. The molecule has 1 aliphatic rings. The first-order valence-electron chi connectivity index (χ1n) is 9.68. The SMILES string of the molecule is C=CCOC(=O)[C@@H](C)COC1OC(COC(C)=O)[C@@H](C)[C@H](C)[C@@H]1NC(=O)CC. The largest absolute Gasteiger partial charge is 0.463 e. The maximum absolute atomic E-state index is 12.0. The molecule has 1 saturated heterocycles. The number of hydrogen-bond donors (Lipinski definition) is 1. The second-order valence-corrected chi connectivity index (χ2v) is 7.16. The summed E-state index contributed by atoms with van der Waals surface area (Å²) in [6, 6.07) is -0.382. The van der Waals surface area contributed by atoms with Crippen molar-refractivity contribution in [3.8, 4) is 0 Å². The van der Waals surface area contributed by atoms with Gasteiger partial charge in [0.25, 0.3) is 0 Å². The van der Waals surface area contributed by atoms with Crippen LogP contribution < -0.4 is 5.32 Å². The fraction of sp³-hybridized carbons (Fsp3) is 0.750. The minimum absolute atomic E-state index is 0.0119. The van der Waals surface area contributed by atoms with Crippen molar-refractivity contribution in [2.45, 2.75) is 59.5 Å². The molecule has 8 heteroatoms. The van der Waals surface area contributed by atoms with Gasteiger partial charge in [-0.05, 0) is 18.8 Å². The lowest BCUT2D eigenvalue weighted by molar-refractivity contribution is -0.247. The van der Waals surface area contributed by atoms with E-state index in [1.54, 1.807) is 13.8 Å². The summed E-state index contributed by atoms with van der Waals surface area (Å²) in [5, 5.41) is 2.95. The Morgan fingerprint density at radius 1 is 1.21 bits per heavy atom. The van der Waals surface area contributed by atoms with Crippen LogP contribution in [-0.2, 0) is 33.3 Å². The molecule has 0 aliphatic carbocycles. The van der Waals surface area contributed by atoms with Crippen molar-refractivity contribution < 1.29 is 33.3 Å². The molecule has 0 bridgehead atoms. The monoisotopic (exact) mass is 399 g/mol. The van der Waals surface area contributed by atoms with E-state index in [1.807, 2.05) is 13.8 Å². The molecule has 1 heterocycles. The van der Waals surface area contributed by atoms with Gasteiger partial charge in [0.15, 0.2) is 6.29 Å². The Balaban J connectivity index is 2.82. The zero-order chi connectivity index (χ0) is 21.3. The second kappa shape index (κ2) is 11.8. The summed E-state index contributed by atoms with van der Waals surface area (Å²) in [6.45, 7) is 12.6. The van der Waals surface area contributed by atoms with Crippen LogP contribution in [0.2, 0.25) is 0 Å². The number of nitrogens with one attached hydrogen (secondary N) is 1. The van der Waals surface area contributed by atoms with E-state index in [-0.39, 0.29) is 55.7 Å². The fourth-order valence-electron chi connectivity index (χ4n) is 2.91. The Hall–Kier alpha value is -1.93. The Labute approximate surface area is 166 Å². The third-order valence-corrected chi connectivity index (χ3v) is 4.94.